The van der Waals surface area contributed by atoms with Gasteiger partial charge in [-0.15, -0.1) is 0 Å². The molecule has 39 heavy (non-hydrogen) atoms. The number of nitrogens with zero attached hydrogens (tertiary/aromatic N) is 3. The van der Waals surface area contributed by atoms with Gasteiger partial charge in [0.2, 0.25) is 17.7 Å². The van der Waals surface area contributed by atoms with E-state index in [0.29, 0.717) is 16.8 Å². The zero-order valence-electron chi connectivity index (χ0n) is 21.6. The smallest absolute Gasteiger partial charge is 0.267 e. The number of hydrogen-bond acceptors (Lipinski definition) is 7. The minimum absolute atomic E-state index is 0.0137. The van der Waals surface area contributed by atoms with Crippen LogP contribution in [0.2, 0.25) is 0 Å². The highest BCUT2D eigenvalue weighted by Crippen LogP contribution is 2.42. The van der Waals surface area contributed by atoms with Gasteiger partial charge in [0.15, 0.2) is 0 Å². The highest BCUT2D eigenvalue weighted by atomic mass is 32.2. The summed E-state index contributed by atoms with van der Waals surface area (Å²) in [6.07, 6.45) is 2.86. The van der Waals surface area contributed by atoms with E-state index in [1.807, 2.05) is 60.7 Å². The number of benzene rings is 3. The number of carbonyl (C=O) groups excluding carboxylic acids is 1. The second-order valence-electron chi connectivity index (χ2n) is 8.98. The first kappa shape index (κ1) is 25.9. The van der Waals surface area contributed by atoms with E-state index in [2.05, 4.69) is 14.9 Å². The van der Waals surface area contributed by atoms with E-state index in [0.717, 1.165) is 11.1 Å². The molecule has 3 aromatic carbocycles. The number of rotatable bonds is 8. The van der Waals surface area contributed by atoms with E-state index in [9.17, 15) is 13.2 Å². The molecule has 10 heteroatoms. The number of nitrogens with one attached hydrogen (secondary N) is 1. The number of aryl methyl sites for hydroxylation is 1. The van der Waals surface area contributed by atoms with Gasteiger partial charge in [0.05, 0.1) is 29.6 Å². The lowest BCUT2D eigenvalue weighted by Crippen LogP contribution is -2.31. The fraction of sp³-hybridized carbons (Fsp3) is 0.138. The van der Waals surface area contributed by atoms with Gasteiger partial charge in [0.25, 0.3) is 10.0 Å². The molecule has 0 saturated heterocycles. The molecule has 0 bridgehead atoms. The average Bonchev–Trinajstić information content (AvgIpc) is 3.59. The standard InChI is InChI=1S/C29H26N4O5S/c1-19-20(2)31-38-28(19)32-39(35,36)27-24(29-30-16-17-37-29)15-14-23(22-12-8-5-9-13-22)26(27)33(3)25(34)18-21-10-6-4-7-11-21/h4-17,32H,18H2,1-3H3. The summed E-state index contributed by atoms with van der Waals surface area (Å²) in [5.41, 5.74) is 3.54. The Balaban J connectivity index is 1.75. The van der Waals surface area contributed by atoms with Crippen LogP contribution in [0.1, 0.15) is 16.8 Å². The van der Waals surface area contributed by atoms with Crippen molar-refractivity contribution in [3.05, 3.63) is 102 Å². The monoisotopic (exact) mass is 542 g/mol. The van der Waals surface area contributed by atoms with Crippen LogP contribution in [0.15, 0.2) is 99.1 Å². The van der Waals surface area contributed by atoms with Crippen molar-refractivity contribution in [2.24, 2.45) is 0 Å². The lowest BCUT2D eigenvalue weighted by molar-refractivity contribution is -0.117. The highest BCUT2D eigenvalue weighted by molar-refractivity contribution is 7.93. The molecule has 0 atom stereocenters. The minimum atomic E-state index is -4.37. The van der Waals surface area contributed by atoms with Gasteiger partial charge in [-0.1, -0.05) is 71.9 Å². The maximum absolute atomic E-state index is 14.2. The van der Waals surface area contributed by atoms with Crippen LogP contribution in [0, 0.1) is 13.8 Å². The summed E-state index contributed by atoms with van der Waals surface area (Å²) in [5.74, 6) is -0.225. The zero-order valence-corrected chi connectivity index (χ0v) is 22.4. The molecule has 0 spiro atoms. The largest absolute Gasteiger partial charge is 0.444 e. The highest BCUT2D eigenvalue weighted by Gasteiger charge is 2.33. The second-order valence-corrected chi connectivity index (χ2v) is 10.6. The van der Waals surface area contributed by atoms with Gasteiger partial charge in [0, 0.05) is 18.2 Å². The molecule has 5 aromatic rings. The number of amides is 1. The molecule has 1 N–H and O–H groups in total. The fourth-order valence-corrected chi connectivity index (χ4v) is 5.73. The van der Waals surface area contributed by atoms with Crippen molar-refractivity contribution < 1.29 is 22.2 Å². The van der Waals surface area contributed by atoms with Crippen molar-refractivity contribution in [1.29, 1.82) is 0 Å². The summed E-state index contributed by atoms with van der Waals surface area (Å²) < 4.78 is 41.6. The number of aromatic nitrogens is 2. The van der Waals surface area contributed by atoms with Crippen molar-refractivity contribution >= 4 is 27.5 Å². The van der Waals surface area contributed by atoms with Crippen molar-refractivity contribution in [3.8, 4) is 22.6 Å². The average molecular weight is 543 g/mol. The summed E-state index contributed by atoms with van der Waals surface area (Å²) in [4.78, 5) is 19.0. The SMILES string of the molecule is Cc1noc(NS(=O)(=O)c2c(-c3ncco3)ccc(-c3ccccc3)c2N(C)C(=O)Cc2ccccc2)c1C. The molecule has 1 amide bonds. The topological polar surface area (TPSA) is 119 Å². The number of anilines is 2. The Morgan fingerprint density at radius 1 is 0.949 bits per heavy atom. The van der Waals surface area contributed by atoms with E-state index in [-0.39, 0.29) is 40.2 Å². The Kier molecular flexibility index (Phi) is 7.03. The summed E-state index contributed by atoms with van der Waals surface area (Å²) in [6.45, 7) is 3.42. The first-order chi connectivity index (χ1) is 18.8. The molecule has 5 rings (SSSR count). The van der Waals surface area contributed by atoms with Crippen molar-refractivity contribution in [1.82, 2.24) is 10.1 Å². The van der Waals surface area contributed by atoms with Gasteiger partial charge in [-0.25, -0.2) is 18.1 Å². The van der Waals surface area contributed by atoms with Crippen LogP contribution >= 0.6 is 0 Å². The second kappa shape index (κ2) is 10.6. The van der Waals surface area contributed by atoms with Crippen molar-refractivity contribution in [2.45, 2.75) is 25.2 Å². The van der Waals surface area contributed by atoms with E-state index in [4.69, 9.17) is 8.94 Å². The van der Waals surface area contributed by atoms with Gasteiger partial charge in [-0.05, 0) is 31.0 Å². The van der Waals surface area contributed by atoms with E-state index in [1.165, 1.54) is 17.4 Å². The van der Waals surface area contributed by atoms with E-state index in [1.54, 1.807) is 33.0 Å². The molecular weight excluding hydrogens is 516 g/mol. The molecular formula is C29H26N4O5S. The molecule has 0 saturated carbocycles. The number of hydrogen-bond donors (Lipinski definition) is 1. The number of sulfonamides is 1. The Labute approximate surface area is 226 Å². The van der Waals surface area contributed by atoms with Gasteiger partial charge >= 0.3 is 0 Å². The normalized spacial score (nSPS) is 11.4. The van der Waals surface area contributed by atoms with Crippen molar-refractivity contribution in [3.63, 3.8) is 0 Å². The third-order valence-electron chi connectivity index (χ3n) is 6.44. The predicted molar refractivity (Wildman–Crippen MR) is 148 cm³/mol. The first-order valence-electron chi connectivity index (χ1n) is 12.1. The third kappa shape index (κ3) is 5.19. The molecule has 9 nitrogen and oxygen atoms in total. The van der Waals surface area contributed by atoms with Crippen LogP contribution in [0.25, 0.3) is 22.6 Å². The van der Waals surface area contributed by atoms with Crippen LogP contribution in [-0.4, -0.2) is 31.5 Å². The van der Waals surface area contributed by atoms with Gasteiger partial charge in [-0.2, -0.15) is 0 Å². The Bertz CT molecular complexity index is 1710. The van der Waals surface area contributed by atoms with Gasteiger partial charge < -0.3 is 13.8 Å². The molecule has 0 aliphatic carbocycles. The molecule has 0 aliphatic rings. The predicted octanol–water partition coefficient (Wildman–Crippen LogP) is 5.62. The van der Waals surface area contributed by atoms with Crippen LogP contribution in [0.4, 0.5) is 11.6 Å². The molecule has 0 radical (unpaired) electrons. The molecule has 2 aromatic heterocycles. The number of carbonyl (C=O) groups is 1. The van der Waals surface area contributed by atoms with Gasteiger partial charge in [-0.3, -0.25) is 4.79 Å². The van der Waals surface area contributed by atoms with Crippen LogP contribution in [-0.2, 0) is 21.2 Å². The Hall–Kier alpha value is -4.70. The summed E-state index contributed by atoms with van der Waals surface area (Å²) in [5, 5.41) is 3.87. The lowest BCUT2D eigenvalue weighted by Gasteiger charge is -2.26. The molecule has 0 unspecified atom stereocenters. The number of oxazole rings is 1. The zero-order chi connectivity index (χ0) is 27.6. The maximum atomic E-state index is 14.2. The Morgan fingerprint density at radius 3 is 2.23 bits per heavy atom. The lowest BCUT2D eigenvalue weighted by atomic mass is 10.00. The quantitative estimate of drug-likeness (QED) is 0.270. The van der Waals surface area contributed by atoms with Crippen LogP contribution < -0.4 is 9.62 Å². The van der Waals surface area contributed by atoms with Crippen molar-refractivity contribution in [2.75, 3.05) is 16.7 Å². The Morgan fingerprint density at radius 2 is 1.62 bits per heavy atom. The fourth-order valence-electron chi connectivity index (χ4n) is 4.25. The minimum Gasteiger partial charge on any atom is -0.444 e. The van der Waals surface area contributed by atoms with Gasteiger partial charge in [0.1, 0.15) is 11.2 Å². The van der Waals surface area contributed by atoms with Crippen LogP contribution in [0.5, 0.6) is 0 Å². The van der Waals surface area contributed by atoms with E-state index < -0.39 is 10.0 Å². The summed E-state index contributed by atoms with van der Waals surface area (Å²) in [6, 6.07) is 21.9. The summed E-state index contributed by atoms with van der Waals surface area (Å²) >= 11 is 0. The van der Waals surface area contributed by atoms with Crippen LogP contribution in [0.3, 0.4) is 0 Å². The third-order valence-corrected chi connectivity index (χ3v) is 7.84. The molecule has 0 fully saturated rings. The number of likely N-dealkylation sites (N-methyl/N-ethyl adjacent to an activating group) is 1. The van der Waals surface area contributed by atoms with E-state index >= 15 is 0 Å². The summed E-state index contributed by atoms with van der Waals surface area (Å²) in [7, 11) is -2.80. The molecule has 2 heterocycles. The first-order valence-corrected chi connectivity index (χ1v) is 13.6. The molecule has 198 valence electrons. The molecule has 0 aliphatic heterocycles. The maximum Gasteiger partial charge on any atom is 0.267 e.